The summed E-state index contributed by atoms with van der Waals surface area (Å²) in [6.45, 7) is 0. The van der Waals surface area contributed by atoms with Gasteiger partial charge in [-0.3, -0.25) is 0 Å². The number of hydrogen-bond acceptors (Lipinski definition) is 5. The second-order valence-electron chi connectivity index (χ2n) is 1.02. The highest BCUT2D eigenvalue weighted by molar-refractivity contribution is 7.07. The van der Waals surface area contributed by atoms with Crippen molar-refractivity contribution in [2.24, 2.45) is 0 Å². The van der Waals surface area contributed by atoms with Crippen molar-refractivity contribution >= 4 is 26.7 Å². The predicted octanol–water partition coefficient (Wildman–Crippen LogP) is -1.24. The Balaban J connectivity index is 0. The zero-order chi connectivity index (χ0) is 8.95. The maximum Gasteiger partial charge on any atom is 0.482 e. The van der Waals surface area contributed by atoms with E-state index in [0.717, 1.165) is 0 Å². The monoisotopic (exact) mass is 174 g/mol. The van der Waals surface area contributed by atoms with Gasteiger partial charge in [0.05, 0.1) is 0 Å². The fourth-order valence-corrected chi connectivity index (χ4v) is 0.680. The molecule has 11 heavy (non-hydrogen) atoms. The molecule has 0 atom stereocenters. The minimum atomic E-state index is 0. The minimum absolute atomic E-state index is 0. The molecule has 0 unspecified atom stereocenters. The van der Waals surface area contributed by atoms with Gasteiger partial charge < -0.3 is 20.1 Å². The Bertz CT molecular complexity index is 95.6. The molecule has 1 heterocycles. The Hall–Kier alpha value is -0.330. The van der Waals surface area contributed by atoms with E-state index in [4.69, 9.17) is 20.1 Å². The first-order chi connectivity index (χ1) is 5.33. The van der Waals surface area contributed by atoms with E-state index in [9.17, 15) is 0 Å². The van der Waals surface area contributed by atoms with Gasteiger partial charge in [0.2, 0.25) is 0 Å². The average molecular weight is 174 g/mol. The van der Waals surface area contributed by atoms with E-state index in [-0.39, 0.29) is 15.4 Å². The Morgan fingerprint density at radius 2 is 1.09 bits per heavy atom. The van der Waals surface area contributed by atoms with Crippen LogP contribution in [-0.2, 0) is 0 Å². The highest BCUT2D eigenvalue weighted by atomic mass is 32.1. The van der Waals surface area contributed by atoms with Crippen LogP contribution in [0.5, 0.6) is 0 Å². The molecule has 1 rings (SSSR count). The molecule has 0 amide bonds. The number of rotatable bonds is 0. The van der Waals surface area contributed by atoms with Gasteiger partial charge in [-0.2, -0.15) is 11.3 Å². The molecule has 2 radical (unpaired) electrons. The van der Waals surface area contributed by atoms with E-state index in [0.29, 0.717) is 0 Å². The maximum atomic E-state index is 7.00. The molecule has 1 aromatic heterocycles. The normalized spacial score (nSPS) is 6.18. The van der Waals surface area contributed by atoms with Crippen molar-refractivity contribution in [1.29, 1.82) is 0 Å². The summed E-state index contributed by atoms with van der Waals surface area (Å²) in [4.78, 5) is 0. The summed E-state index contributed by atoms with van der Waals surface area (Å²) < 4.78 is 0. The van der Waals surface area contributed by atoms with Gasteiger partial charge in [-0.25, -0.2) is 0 Å². The van der Waals surface area contributed by atoms with Gasteiger partial charge in [-0.05, 0) is 10.8 Å². The summed E-state index contributed by atoms with van der Waals surface area (Å²) in [7, 11) is 0. The molecule has 1 aromatic rings. The third kappa shape index (κ3) is 26.1. The van der Waals surface area contributed by atoms with Crippen LogP contribution in [0.15, 0.2) is 22.9 Å². The molecule has 0 saturated heterocycles. The summed E-state index contributed by atoms with van der Waals surface area (Å²) >= 11 is 1.71. The fourth-order valence-electron chi connectivity index (χ4n) is 0.227. The zero-order valence-electron chi connectivity index (χ0n) is 5.66. The largest absolute Gasteiger partial charge is 0.482 e. The third-order valence-electron chi connectivity index (χ3n) is 0.425. The zero-order valence-corrected chi connectivity index (χ0v) is 6.48. The molecule has 0 spiro atoms. The van der Waals surface area contributed by atoms with Crippen molar-refractivity contribution in [3.63, 3.8) is 0 Å². The predicted molar refractivity (Wildman–Crippen MR) is 44.7 cm³/mol. The lowest BCUT2D eigenvalue weighted by molar-refractivity contribution is 0.447. The molecule has 60 valence electrons. The van der Waals surface area contributed by atoms with Gasteiger partial charge in [-0.1, -0.05) is 12.1 Å². The van der Waals surface area contributed by atoms with Crippen LogP contribution in [-0.4, -0.2) is 35.5 Å². The van der Waals surface area contributed by atoms with Gasteiger partial charge in [-0.15, -0.1) is 0 Å². The molecule has 0 saturated carbocycles. The molecular formula is C4H8B2O4S. The van der Waals surface area contributed by atoms with Crippen LogP contribution in [0.3, 0.4) is 0 Å². The molecule has 4 N–H and O–H groups in total. The lowest BCUT2D eigenvalue weighted by Crippen LogP contribution is -1.75. The summed E-state index contributed by atoms with van der Waals surface area (Å²) in [5, 5.41) is 32.1. The van der Waals surface area contributed by atoms with E-state index in [2.05, 4.69) is 0 Å². The van der Waals surface area contributed by atoms with Gasteiger partial charge in [0.25, 0.3) is 0 Å². The third-order valence-corrected chi connectivity index (χ3v) is 1.05. The van der Waals surface area contributed by atoms with Gasteiger partial charge >= 0.3 is 15.4 Å². The second-order valence-corrected chi connectivity index (χ2v) is 1.84. The minimum Gasteiger partial charge on any atom is -0.429 e. The van der Waals surface area contributed by atoms with Gasteiger partial charge in [0.1, 0.15) is 0 Å². The molecule has 7 heteroatoms. The second kappa shape index (κ2) is 16.3. The first-order valence-corrected chi connectivity index (χ1v) is 3.45. The fraction of sp³-hybridized carbons (Fsp3) is 0. The van der Waals surface area contributed by atoms with Crippen LogP contribution in [0.2, 0.25) is 0 Å². The highest BCUT2D eigenvalue weighted by Gasteiger charge is 1.58. The van der Waals surface area contributed by atoms with Crippen molar-refractivity contribution < 1.29 is 20.1 Å². The molecule has 0 aromatic carbocycles. The van der Waals surface area contributed by atoms with E-state index < -0.39 is 0 Å². The van der Waals surface area contributed by atoms with Crippen molar-refractivity contribution in [3.05, 3.63) is 22.9 Å². The first-order valence-electron chi connectivity index (χ1n) is 2.50. The lowest BCUT2D eigenvalue weighted by atomic mass is 10.5. The topological polar surface area (TPSA) is 80.9 Å². The first kappa shape index (κ1) is 13.3. The molecule has 0 bridgehead atoms. The van der Waals surface area contributed by atoms with Crippen LogP contribution in [0, 0.1) is 0 Å². The SMILES string of the molecule is O[B]O.O[B]O.c1ccsc1. The summed E-state index contributed by atoms with van der Waals surface area (Å²) in [5.41, 5.74) is 0. The Morgan fingerprint density at radius 3 is 1.18 bits per heavy atom. The van der Waals surface area contributed by atoms with Crippen LogP contribution in [0.25, 0.3) is 0 Å². The van der Waals surface area contributed by atoms with Crippen LogP contribution in [0.4, 0.5) is 0 Å². The summed E-state index contributed by atoms with van der Waals surface area (Å²) in [5.74, 6) is 0. The van der Waals surface area contributed by atoms with Crippen molar-refractivity contribution in [2.45, 2.75) is 0 Å². The highest BCUT2D eigenvalue weighted by Crippen LogP contribution is 1.91. The van der Waals surface area contributed by atoms with Crippen molar-refractivity contribution in [1.82, 2.24) is 0 Å². The number of thiophene rings is 1. The summed E-state index contributed by atoms with van der Waals surface area (Å²) in [6, 6.07) is 4.04. The van der Waals surface area contributed by atoms with Crippen LogP contribution < -0.4 is 0 Å². The Kier molecular flexibility index (Phi) is 19.7. The molecule has 0 aliphatic rings. The molecular weight excluding hydrogens is 166 g/mol. The standard InChI is InChI=1S/C4H4S.2BH2O2/c1-2-4-5-3-1;2*2-1-3/h1-4H;2*2-3H. The van der Waals surface area contributed by atoms with E-state index in [1.54, 1.807) is 11.3 Å². The smallest absolute Gasteiger partial charge is 0.429 e. The van der Waals surface area contributed by atoms with Gasteiger partial charge in [0, 0.05) is 0 Å². The molecule has 0 fully saturated rings. The van der Waals surface area contributed by atoms with E-state index in [1.807, 2.05) is 22.9 Å². The maximum absolute atomic E-state index is 7.00. The summed E-state index contributed by atoms with van der Waals surface area (Å²) in [6.07, 6.45) is 0. The molecule has 0 aliphatic heterocycles. The molecule has 4 nitrogen and oxygen atoms in total. The molecule has 0 aliphatic carbocycles. The van der Waals surface area contributed by atoms with Gasteiger partial charge in [0.15, 0.2) is 0 Å². The Morgan fingerprint density at radius 1 is 0.818 bits per heavy atom. The number of hydrogen-bond donors (Lipinski definition) is 4. The van der Waals surface area contributed by atoms with Crippen LogP contribution >= 0.6 is 11.3 Å². The van der Waals surface area contributed by atoms with E-state index in [1.165, 1.54) is 0 Å². The lowest BCUT2D eigenvalue weighted by Gasteiger charge is -1.46. The van der Waals surface area contributed by atoms with Crippen LogP contribution in [0.1, 0.15) is 0 Å². The Labute approximate surface area is 70.4 Å². The average Bonchev–Trinajstić information content (AvgIpc) is 2.44. The van der Waals surface area contributed by atoms with E-state index >= 15 is 0 Å². The van der Waals surface area contributed by atoms with Crippen molar-refractivity contribution in [2.75, 3.05) is 0 Å². The van der Waals surface area contributed by atoms with Crippen molar-refractivity contribution in [3.8, 4) is 0 Å². The quantitative estimate of drug-likeness (QED) is 0.370.